The molecule has 1 aromatic rings. The molecule has 0 aliphatic carbocycles. The van der Waals surface area contributed by atoms with Gasteiger partial charge in [-0.1, -0.05) is 0 Å². The van der Waals surface area contributed by atoms with E-state index in [2.05, 4.69) is 0 Å². The number of carbonyl (C=O) groups is 1. The monoisotopic (exact) mass is 253 g/mol. The van der Waals surface area contributed by atoms with E-state index >= 15 is 0 Å². The third kappa shape index (κ3) is 1.36. The van der Waals surface area contributed by atoms with Gasteiger partial charge < -0.3 is 9.64 Å². The minimum absolute atomic E-state index is 0.0363. The van der Waals surface area contributed by atoms with E-state index in [1.165, 1.54) is 0 Å². The molecule has 0 fully saturated rings. The van der Waals surface area contributed by atoms with Gasteiger partial charge in [0.2, 0.25) is 5.82 Å². The Kier molecular flexibility index (Phi) is 2.33. The van der Waals surface area contributed by atoms with E-state index in [1.807, 2.05) is 18.7 Å². The number of carbonyl (C=O) groups excluding carboxylic acids is 1. The van der Waals surface area contributed by atoms with Gasteiger partial charge in [-0.05, 0) is 19.9 Å². The molecule has 0 N–H and O–H groups in total. The summed E-state index contributed by atoms with van der Waals surface area (Å²) in [4.78, 5) is 13.7. The standard InChI is InChI=1S/C13H13F2NO2/c1-6-7(2)18-13-11(15)9(14)5-8-10(17)3-4-16(6)12(8)13/h5-7H,3-4H2,1-2H3. The number of halogens is 2. The van der Waals surface area contributed by atoms with Crippen LogP contribution in [0, 0.1) is 11.6 Å². The van der Waals surface area contributed by atoms with E-state index in [0.717, 1.165) is 6.07 Å². The van der Waals surface area contributed by atoms with Gasteiger partial charge in [-0.2, -0.15) is 4.39 Å². The van der Waals surface area contributed by atoms with Crippen molar-refractivity contribution in [1.82, 2.24) is 0 Å². The van der Waals surface area contributed by atoms with Crippen LogP contribution in [0.25, 0.3) is 0 Å². The fourth-order valence-corrected chi connectivity index (χ4v) is 2.61. The summed E-state index contributed by atoms with van der Waals surface area (Å²) in [6.07, 6.45) is 0.0871. The van der Waals surface area contributed by atoms with E-state index < -0.39 is 11.6 Å². The molecule has 0 spiro atoms. The van der Waals surface area contributed by atoms with Crippen LogP contribution < -0.4 is 9.64 Å². The molecule has 3 rings (SSSR count). The van der Waals surface area contributed by atoms with Crippen LogP contribution in [0.4, 0.5) is 14.5 Å². The fourth-order valence-electron chi connectivity index (χ4n) is 2.61. The first-order chi connectivity index (χ1) is 8.50. The van der Waals surface area contributed by atoms with Crippen LogP contribution in [0.5, 0.6) is 5.75 Å². The van der Waals surface area contributed by atoms with Gasteiger partial charge in [-0.25, -0.2) is 4.39 Å². The molecule has 0 amide bonds. The van der Waals surface area contributed by atoms with Gasteiger partial charge >= 0.3 is 0 Å². The molecule has 2 unspecified atom stereocenters. The Hall–Kier alpha value is -1.65. The smallest absolute Gasteiger partial charge is 0.202 e. The van der Waals surface area contributed by atoms with Crippen LogP contribution >= 0.6 is 0 Å². The Morgan fingerprint density at radius 1 is 1.39 bits per heavy atom. The average molecular weight is 253 g/mol. The molecule has 1 aromatic carbocycles. The average Bonchev–Trinajstić information content (AvgIpc) is 2.34. The highest BCUT2D eigenvalue weighted by Gasteiger charge is 2.39. The van der Waals surface area contributed by atoms with E-state index in [0.29, 0.717) is 18.7 Å². The van der Waals surface area contributed by atoms with Crippen molar-refractivity contribution in [2.45, 2.75) is 32.4 Å². The molecule has 96 valence electrons. The molecule has 0 saturated heterocycles. The summed E-state index contributed by atoms with van der Waals surface area (Å²) < 4.78 is 32.7. The molecule has 0 saturated carbocycles. The Labute approximate surface area is 103 Å². The molecule has 2 heterocycles. The molecule has 5 heteroatoms. The van der Waals surface area contributed by atoms with Crippen molar-refractivity contribution in [3.05, 3.63) is 23.3 Å². The lowest BCUT2D eigenvalue weighted by molar-refractivity contribution is 0.0964. The van der Waals surface area contributed by atoms with Crippen LogP contribution in [0.2, 0.25) is 0 Å². The number of Topliss-reactive ketones (excluding diaryl/α,β-unsaturated/α-hetero) is 1. The second kappa shape index (κ2) is 3.67. The summed E-state index contributed by atoms with van der Waals surface area (Å²) in [6, 6.07) is 1.02. The van der Waals surface area contributed by atoms with Gasteiger partial charge in [0, 0.05) is 18.5 Å². The molecule has 2 aliphatic rings. The van der Waals surface area contributed by atoms with Gasteiger partial charge in [0.25, 0.3) is 0 Å². The molecule has 2 aliphatic heterocycles. The highest BCUT2D eigenvalue weighted by atomic mass is 19.2. The first kappa shape index (κ1) is 11.4. The molecule has 3 nitrogen and oxygen atoms in total. The number of hydrogen-bond acceptors (Lipinski definition) is 3. The predicted molar refractivity (Wildman–Crippen MR) is 62.2 cm³/mol. The largest absolute Gasteiger partial charge is 0.483 e. The van der Waals surface area contributed by atoms with Crippen molar-refractivity contribution < 1.29 is 18.3 Å². The second-order valence-corrected chi connectivity index (χ2v) is 4.83. The maximum atomic E-state index is 13.8. The highest BCUT2D eigenvalue weighted by molar-refractivity contribution is 6.05. The van der Waals surface area contributed by atoms with E-state index in [1.54, 1.807) is 0 Å². The molecule has 0 aromatic heterocycles. The summed E-state index contributed by atoms with van der Waals surface area (Å²) in [5.41, 5.74) is 0.643. The van der Waals surface area contributed by atoms with Crippen molar-refractivity contribution in [3.8, 4) is 5.75 Å². The maximum absolute atomic E-state index is 13.8. The number of ether oxygens (including phenoxy) is 1. The quantitative estimate of drug-likeness (QED) is 0.711. The van der Waals surface area contributed by atoms with Crippen molar-refractivity contribution in [1.29, 1.82) is 0 Å². The Balaban J connectivity index is 2.29. The summed E-state index contributed by atoms with van der Waals surface area (Å²) in [5.74, 6) is -2.32. The van der Waals surface area contributed by atoms with Crippen molar-refractivity contribution >= 4 is 11.5 Å². The molecule has 18 heavy (non-hydrogen) atoms. The molecule has 0 radical (unpaired) electrons. The zero-order valence-corrected chi connectivity index (χ0v) is 10.2. The first-order valence-electron chi connectivity index (χ1n) is 5.99. The number of rotatable bonds is 0. The molecule has 0 bridgehead atoms. The maximum Gasteiger partial charge on any atom is 0.202 e. The molecule has 2 atom stereocenters. The summed E-state index contributed by atoms with van der Waals surface area (Å²) in [5, 5.41) is 0. The third-order valence-electron chi connectivity index (χ3n) is 3.79. The van der Waals surface area contributed by atoms with Gasteiger partial charge in [-0.3, -0.25) is 4.79 Å². The van der Waals surface area contributed by atoms with Crippen molar-refractivity contribution in [2.24, 2.45) is 0 Å². The minimum Gasteiger partial charge on any atom is -0.483 e. The number of ketones is 1. The lowest BCUT2D eigenvalue weighted by Gasteiger charge is -2.43. The van der Waals surface area contributed by atoms with Crippen LogP contribution in [-0.4, -0.2) is 24.5 Å². The van der Waals surface area contributed by atoms with Gasteiger partial charge in [0.05, 0.1) is 11.7 Å². The van der Waals surface area contributed by atoms with Crippen LogP contribution in [0.15, 0.2) is 6.07 Å². The molecular weight excluding hydrogens is 240 g/mol. The summed E-state index contributed by atoms with van der Waals surface area (Å²) >= 11 is 0. The third-order valence-corrected chi connectivity index (χ3v) is 3.79. The van der Waals surface area contributed by atoms with Crippen LogP contribution in [-0.2, 0) is 0 Å². The van der Waals surface area contributed by atoms with E-state index in [9.17, 15) is 13.6 Å². The normalized spacial score (nSPS) is 25.8. The van der Waals surface area contributed by atoms with Crippen LogP contribution in [0.1, 0.15) is 30.6 Å². The van der Waals surface area contributed by atoms with Gasteiger partial charge in [0.15, 0.2) is 17.3 Å². The van der Waals surface area contributed by atoms with Gasteiger partial charge in [-0.15, -0.1) is 0 Å². The van der Waals surface area contributed by atoms with Crippen molar-refractivity contribution in [2.75, 3.05) is 11.4 Å². The Morgan fingerprint density at radius 3 is 2.83 bits per heavy atom. The summed E-state index contributed by atoms with van der Waals surface area (Å²) in [6.45, 7) is 4.29. The number of nitrogens with zero attached hydrogens (tertiary/aromatic N) is 1. The zero-order chi connectivity index (χ0) is 13.0. The zero-order valence-electron chi connectivity index (χ0n) is 10.2. The fraction of sp³-hybridized carbons (Fsp3) is 0.462. The van der Waals surface area contributed by atoms with E-state index in [4.69, 9.17) is 4.74 Å². The molecular formula is C13H13F2NO2. The lowest BCUT2D eigenvalue weighted by Crippen LogP contribution is -2.50. The SMILES string of the molecule is CC1Oc2c(F)c(F)cc3c2N(CCC3=O)C1C. The Bertz CT molecular complexity index is 544. The predicted octanol–water partition coefficient (Wildman–Crippen LogP) is 2.53. The number of benzene rings is 1. The topological polar surface area (TPSA) is 29.5 Å². The van der Waals surface area contributed by atoms with Crippen LogP contribution in [0.3, 0.4) is 0 Å². The number of anilines is 1. The minimum atomic E-state index is -1.03. The summed E-state index contributed by atoms with van der Waals surface area (Å²) in [7, 11) is 0. The van der Waals surface area contributed by atoms with E-state index in [-0.39, 0.29) is 29.2 Å². The van der Waals surface area contributed by atoms with Gasteiger partial charge in [0.1, 0.15) is 6.10 Å². The second-order valence-electron chi connectivity index (χ2n) is 4.83. The Morgan fingerprint density at radius 2 is 2.11 bits per heavy atom. The number of hydrogen-bond donors (Lipinski definition) is 0. The van der Waals surface area contributed by atoms with Crippen molar-refractivity contribution in [3.63, 3.8) is 0 Å². The highest BCUT2D eigenvalue weighted by Crippen LogP contribution is 2.44. The first-order valence-corrected chi connectivity index (χ1v) is 5.99. The lowest BCUT2D eigenvalue weighted by atomic mass is 9.95.